The van der Waals surface area contributed by atoms with Crippen LogP contribution in [0.5, 0.6) is 0 Å². The number of urea groups is 1. The van der Waals surface area contributed by atoms with Gasteiger partial charge < -0.3 is 10.4 Å². The van der Waals surface area contributed by atoms with E-state index in [0.29, 0.717) is 12.1 Å². The Morgan fingerprint density at radius 1 is 1.28 bits per heavy atom. The number of aliphatic hydroxyl groups excluding tert-OH is 1. The third-order valence-electron chi connectivity index (χ3n) is 6.67. The van der Waals surface area contributed by atoms with Crippen LogP contribution in [0.4, 0.5) is 10.5 Å². The number of aliphatic hydroxyl groups is 1. The topological polar surface area (TPSA) is 98.7 Å². The summed E-state index contributed by atoms with van der Waals surface area (Å²) in [7, 11) is -1.96. The van der Waals surface area contributed by atoms with Gasteiger partial charge in [-0.1, -0.05) is 12.1 Å². The minimum absolute atomic E-state index is 0.323. The second kappa shape index (κ2) is 7.41. The van der Waals surface area contributed by atoms with Gasteiger partial charge in [-0.3, -0.25) is 4.90 Å². The van der Waals surface area contributed by atoms with E-state index in [-0.39, 0.29) is 5.54 Å². The van der Waals surface area contributed by atoms with E-state index in [1.54, 1.807) is 6.08 Å². The number of amides is 2. The number of hydrogen-bond acceptors (Lipinski definition) is 5. The Kier molecular flexibility index (Phi) is 5.21. The molecule has 4 rings (SSSR count). The second-order valence-corrected chi connectivity index (χ2v) is 10.2. The van der Waals surface area contributed by atoms with Crippen LogP contribution in [-0.4, -0.2) is 43.6 Å². The lowest BCUT2D eigenvalue weighted by Gasteiger charge is -2.28. The fourth-order valence-electron chi connectivity index (χ4n) is 4.86. The number of likely N-dealkylation sites (tertiary alicyclic amines) is 1. The number of rotatable bonds is 4. The maximum atomic E-state index is 12.5. The summed E-state index contributed by atoms with van der Waals surface area (Å²) in [6.07, 6.45) is 7.08. The van der Waals surface area contributed by atoms with Crippen LogP contribution < -0.4 is 10.0 Å². The van der Waals surface area contributed by atoms with Crippen LogP contribution in [-0.2, 0) is 29.3 Å². The number of anilines is 1. The number of carbonyl (C=O) groups is 1. The highest BCUT2D eigenvalue weighted by atomic mass is 32.2. The molecule has 0 bridgehead atoms. The average molecular weight is 420 g/mol. The Bertz CT molecular complexity index is 973. The van der Waals surface area contributed by atoms with Crippen molar-refractivity contribution in [2.45, 2.75) is 63.5 Å². The van der Waals surface area contributed by atoms with Gasteiger partial charge in [0.1, 0.15) is 0 Å². The highest BCUT2D eigenvalue weighted by Gasteiger charge is 2.32. The normalized spacial score (nSPS) is 26.7. The number of likely N-dealkylation sites (N-methyl/N-ethyl adjacent to an activating group) is 1. The first-order chi connectivity index (χ1) is 13.7. The number of nitrogens with one attached hydrogen (secondary N) is 2. The Labute approximate surface area is 172 Å². The molecule has 3 N–H and O–H groups in total. The molecular weight excluding hydrogens is 390 g/mol. The van der Waals surface area contributed by atoms with Gasteiger partial charge in [0.25, 0.3) is 10.0 Å². The number of carbonyl (C=O) groups excluding carboxylic acids is 1. The molecule has 1 fully saturated rings. The summed E-state index contributed by atoms with van der Waals surface area (Å²) in [5.41, 5.74) is 4.28. The van der Waals surface area contributed by atoms with Crippen molar-refractivity contribution >= 4 is 21.7 Å². The zero-order valence-corrected chi connectivity index (χ0v) is 17.8. The third kappa shape index (κ3) is 3.93. The summed E-state index contributed by atoms with van der Waals surface area (Å²) >= 11 is 0. The van der Waals surface area contributed by atoms with Gasteiger partial charge >= 0.3 is 6.03 Å². The van der Waals surface area contributed by atoms with E-state index >= 15 is 0 Å². The number of fused-ring (bicyclic) bond motifs is 2. The van der Waals surface area contributed by atoms with Gasteiger partial charge in [0.15, 0.2) is 0 Å². The fraction of sp³-hybridized carbons (Fsp3) is 0.571. The minimum atomic E-state index is -3.92. The summed E-state index contributed by atoms with van der Waals surface area (Å²) in [6.45, 7) is 2.91. The molecule has 1 aromatic rings. The molecule has 29 heavy (non-hydrogen) atoms. The van der Waals surface area contributed by atoms with Crippen molar-refractivity contribution in [1.82, 2.24) is 9.62 Å². The van der Waals surface area contributed by atoms with Crippen molar-refractivity contribution in [2.24, 2.45) is 0 Å². The molecule has 158 valence electrons. The van der Waals surface area contributed by atoms with Gasteiger partial charge in [-0.2, -0.15) is 0 Å². The Balaban J connectivity index is 1.52. The molecule has 0 spiro atoms. The maximum Gasteiger partial charge on any atom is 0.333 e. The molecule has 7 nitrogen and oxygen atoms in total. The lowest BCUT2D eigenvalue weighted by molar-refractivity contribution is 0.180. The fourth-order valence-corrected chi connectivity index (χ4v) is 5.71. The van der Waals surface area contributed by atoms with Gasteiger partial charge in [-0.05, 0) is 82.2 Å². The maximum absolute atomic E-state index is 12.5. The number of nitrogens with zero attached hydrogens (tertiary/aromatic N) is 1. The first-order valence-corrected chi connectivity index (χ1v) is 11.8. The highest BCUT2D eigenvalue weighted by Crippen LogP contribution is 2.43. The molecule has 2 amide bonds. The Hall–Kier alpha value is -1.90. The molecule has 3 aliphatic rings. The van der Waals surface area contributed by atoms with Gasteiger partial charge in [0.05, 0.1) is 11.8 Å². The van der Waals surface area contributed by atoms with Crippen molar-refractivity contribution in [3.05, 3.63) is 39.8 Å². The van der Waals surface area contributed by atoms with Crippen molar-refractivity contribution < 1.29 is 18.3 Å². The molecular formula is C21H29N3O4S. The first kappa shape index (κ1) is 20.4. The van der Waals surface area contributed by atoms with Gasteiger partial charge in [0.2, 0.25) is 0 Å². The molecule has 1 saturated heterocycles. The predicted molar refractivity (Wildman–Crippen MR) is 112 cm³/mol. The largest absolute Gasteiger partial charge is 0.388 e. The van der Waals surface area contributed by atoms with Crippen molar-refractivity contribution in [2.75, 3.05) is 18.9 Å². The van der Waals surface area contributed by atoms with Crippen molar-refractivity contribution in [3.63, 3.8) is 0 Å². The molecule has 1 aliphatic heterocycles. The lowest BCUT2D eigenvalue weighted by atomic mass is 9.98. The molecule has 8 heteroatoms. The Morgan fingerprint density at radius 2 is 2.07 bits per heavy atom. The summed E-state index contributed by atoms with van der Waals surface area (Å²) in [5.74, 6) is 0. The SMILES string of the molecule is CN1CCCC1(C)/C=C/S(=O)(=O)NC(=O)Nc1c2c(cc3c1C(O)CC3)CCC2. The van der Waals surface area contributed by atoms with Crippen LogP contribution in [0.2, 0.25) is 0 Å². The van der Waals surface area contributed by atoms with Crippen molar-refractivity contribution in [3.8, 4) is 0 Å². The van der Waals surface area contributed by atoms with Crippen molar-refractivity contribution in [1.29, 1.82) is 0 Å². The van der Waals surface area contributed by atoms with Crippen LogP contribution in [0.3, 0.4) is 0 Å². The zero-order chi connectivity index (χ0) is 20.8. The van der Waals surface area contributed by atoms with Crippen LogP contribution >= 0.6 is 0 Å². The quantitative estimate of drug-likeness (QED) is 0.697. The van der Waals surface area contributed by atoms with E-state index in [9.17, 15) is 18.3 Å². The van der Waals surface area contributed by atoms with E-state index < -0.39 is 22.2 Å². The van der Waals surface area contributed by atoms with E-state index in [1.165, 1.54) is 5.56 Å². The van der Waals surface area contributed by atoms with E-state index in [0.717, 1.165) is 67.2 Å². The van der Waals surface area contributed by atoms with Crippen LogP contribution in [0.25, 0.3) is 0 Å². The summed E-state index contributed by atoms with van der Waals surface area (Å²) in [5, 5.41) is 14.2. The summed E-state index contributed by atoms with van der Waals surface area (Å²) in [4.78, 5) is 14.7. The second-order valence-electron chi connectivity index (χ2n) is 8.66. The minimum Gasteiger partial charge on any atom is -0.388 e. The molecule has 2 atom stereocenters. The predicted octanol–water partition coefficient (Wildman–Crippen LogP) is 2.60. The molecule has 0 radical (unpaired) electrons. The lowest BCUT2D eigenvalue weighted by Crippen LogP contribution is -2.37. The monoisotopic (exact) mass is 419 g/mol. The Morgan fingerprint density at radius 3 is 2.79 bits per heavy atom. The number of aryl methyl sites for hydroxylation is 2. The molecule has 2 aliphatic carbocycles. The molecule has 0 aromatic heterocycles. The first-order valence-electron chi connectivity index (χ1n) is 10.3. The van der Waals surface area contributed by atoms with Gasteiger partial charge in [0, 0.05) is 16.5 Å². The summed E-state index contributed by atoms with van der Waals surface area (Å²) in [6, 6.07) is 1.34. The van der Waals surface area contributed by atoms with Crippen LogP contribution in [0.15, 0.2) is 17.6 Å². The van der Waals surface area contributed by atoms with Crippen LogP contribution in [0.1, 0.15) is 61.0 Å². The molecule has 1 aromatic carbocycles. The third-order valence-corrected chi connectivity index (χ3v) is 7.64. The smallest absolute Gasteiger partial charge is 0.333 e. The van der Waals surface area contributed by atoms with E-state index in [4.69, 9.17) is 0 Å². The number of benzene rings is 1. The number of hydrogen-bond donors (Lipinski definition) is 3. The number of sulfonamides is 1. The van der Waals surface area contributed by atoms with E-state index in [1.807, 2.05) is 14.0 Å². The molecule has 1 heterocycles. The molecule has 2 unspecified atom stereocenters. The summed E-state index contributed by atoms with van der Waals surface area (Å²) < 4.78 is 27.0. The standard InChI is InChI=1S/C21H29N3O4S/c1-21(9-4-11-24(21)2)10-12-29(27,28)23-20(26)22-19-16-6-3-5-14(16)13-15-7-8-17(25)18(15)19/h10,12-13,17,25H,3-9,11H2,1-2H3,(H2,22,23,26)/b12-10+. The average Bonchev–Trinajstić information content (AvgIpc) is 3.34. The van der Waals surface area contributed by atoms with Gasteiger partial charge in [-0.25, -0.2) is 17.9 Å². The van der Waals surface area contributed by atoms with E-state index in [2.05, 4.69) is 21.0 Å². The zero-order valence-electron chi connectivity index (χ0n) is 17.0. The van der Waals surface area contributed by atoms with Crippen LogP contribution in [0, 0.1) is 0 Å². The highest BCUT2D eigenvalue weighted by molar-refractivity contribution is 7.92. The molecule has 0 saturated carbocycles. The van der Waals surface area contributed by atoms with Gasteiger partial charge in [-0.15, -0.1) is 0 Å².